The standard InChI is InChI=1S/C26H31F3N4O6S/c27-26(28,29)22-12-11-21(39-22)25(36)32-19(15-17-7-2-1-3-8-17)24(35)31-18-9-6-14-33(16-20(18)34)40(37,38)23-10-4-5-13-30-23/h4-5,10-13,17-19H,1-3,6-9,14-16H2,(H,31,35)(H,32,36)/t18?,19-/m0/s1. The van der Waals surface area contributed by atoms with Gasteiger partial charge in [-0.1, -0.05) is 38.2 Å². The number of ketones is 1. The number of halogens is 3. The van der Waals surface area contributed by atoms with Gasteiger partial charge in [0.25, 0.3) is 15.9 Å². The Morgan fingerprint density at radius 2 is 1.82 bits per heavy atom. The van der Waals surface area contributed by atoms with Crippen molar-refractivity contribution in [1.29, 1.82) is 0 Å². The van der Waals surface area contributed by atoms with Crippen LogP contribution < -0.4 is 10.6 Å². The lowest BCUT2D eigenvalue weighted by atomic mass is 9.84. The molecule has 1 aliphatic heterocycles. The summed E-state index contributed by atoms with van der Waals surface area (Å²) in [5, 5.41) is 4.94. The fourth-order valence-electron chi connectivity index (χ4n) is 5.09. The van der Waals surface area contributed by atoms with Crippen LogP contribution in [0.1, 0.15) is 67.7 Å². The first kappa shape index (κ1) is 29.7. The molecule has 1 saturated carbocycles. The van der Waals surface area contributed by atoms with Crippen molar-refractivity contribution in [3.05, 3.63) is 48.0 Å². The first-order chi connectivity index (χ1) is 18.9. The monoisotopic (exact) mass is 584 g/mol. The molecule has 2 N–H and O–H groups in total. The number of nitrogens with one attached hydrogen (secondary N) is 2. The van der Waals surface area contributed by atoms with Gasteiger partial charge in [-0.25, -0.2) is 13.4 Å². The van der Waals surface area contributed by atoms with Crippen molar-refractivity contribution in [2.24, 2.45) is 5.92 Å². The number of carbonyl (C=O) groups excluding carboxylic acids is 3. The molecule has 2 atom stereocenters. The van der Waals surface area contributed by atoms with E-state index in [0.717, 1.165) is 42.5 Å². The average Bonchev–Trinajstić information content (AvgIpc) is 3.37. The molecule has 2 amide bonds. The third-order valence-electron chi connectivity index (χ3n) is 7.20. The molecule has 2 fully saturated rings. The Morgan fingerprint density at radius 1 is 1.07 bits per heavy atom. The zero-order chi connectivity index (χ0) is 28.9. The minimum atomic E-state index is -4.77. The van der Waals surface area contributed by atoms with E-state index in [1.54, 1.807) is 6.07 Å². The van der Waals surface area contributed by atoms with Gasteiger partial charge in [-0.05, 0) is 49.4 Å². The van der Waals surface area contributed by atoms with E-state index >= 15 is 0 Å². The van der Waals surface area contributed by atoms with Gasteiger partial charge in [-0.3, -0.25) is 14.4 Å². The van der Waals surface area contributed by atoms with Crippen molar-refractivity contribution in [3.8, 4) is 0 Å². The topological polar surface area (TPSA) is 139 Å². The van der Waals surface area contributed by atoms with E-state index in [-0.39, 0.29) is 36.8 Å². The number of alkyl halides is 3. The summed E-state index contributed by atoms with van der Waals surface area (Å²) in [5.74, 6) is -3.98. The van der Waals surface area contributed by atoms with E-state index in [2.05, 4.69) is 20.0 Å². The third-order valence-corrected chi connectivity index (χ3v) is 8.97. The molecule has 1 saturated heterocycles. The summed E-state index contributed by atoms with van der Waals surface area (Å²) in [7, 11) is -4.02. The van der Waals surface area contributed by atoms with E-state index in [4.69, 9.17) is 0 Å². The van der Waals surface area contributed by atoms with Crippen LogP contribution in [-0.2, 0) is 25.8 Å². The number of furan rings is 1. The Labute approximate surface area is 229 Å². The summed E-state index contributed by atoms with van der Waals surface area (Å²) in [6.07, 6.45) is 1.92. The van der Waals surface area contributed by atoms with Crippen molar-refractivity contribution < 1.29 is 40.4 Å². The van der Waals surface area contributed by atoms with Gasteiger partial charge in [0, 0.05) is 12.7 Å². The summed E-state index contributed by atoms with van der Waals surface area (Å²) < 4.78 is 70.4. The summed E-state index contributed by atoms with van der Waals surface area (Å²) >= 11 is 0. The number of hydrogen-bond donors (Lipinski definition) is 2. The van der Waals surface area contributed by atoms with E-state index in [1.807, 2.05) is 0 Å². The number of nitrogens with zero attached hydrogens (tertiary/aromatic N) is 2. The molecule has 2 aromatic rings. The van der Waals surface area contributed by atoms with Crippen LogP contribution in [-0.4, -0.2) is 60.5 Å². The van der Waals surface area contributed by atoms with Crippen LogP contribution >= 0.6 is 0 Å². The molecular weight excluding hydrogens is 553 g/mol. The van der Waals surface area contributed by atoms with Crippen molar-refractivity contribution in [3.63, 3.8) is 0 Å². The molecular formula is C26H31F3N4O6S. The van der Waals surface area contributed by atoms with E-state index in [1.165, 1.54) is 18.3 Å². The number of aromatic nitrogens is 1. The molecule has 0 aromatic carbocycles. The summed E-state index contributed by atoms with van der Waals surface area (Å²) in [5.41, 5.74) is 0. The Morgan fingerprint density at radius 3 is 2.48 bits per heavy atom. The van der Waals surface area contributed by atoms with Crippen LogP contribution in [0.4, 0.5) is 13.2 Å². The average molecular weight is 585 g/mol. The SMILES string of the molecule is O=C(N[C@@H](CC1CCCCC1)C(=O)NC1CCCN(S(=O)(=O)c2ccccn2)CC1=O)c1ccc(C(F)(F)F)o1. The van der Waals surface area contributed by atoms with Gasteiger partial charge in [-0.2, -0.15) is 17.5 Å². The predicted molar refractivity (Wildman–Crippen MR) is 135 cm³/mol. The van der Waals surface area contributed by atoms with Gasteiger partial charge in [0.05, 0.1) is 12.6 Å². The minimum absolute atomic E-state index is 0.0549. The van der Waals surface area contributed by atoms with Crippen LogP contribution in [0.15, 0.2) is 46.0 Å². The molecule has 4 rings (SSSR count). The van der Waals surface area contributed by atoms with E-state index in [0.29, 0.717) is 6.07 Å². The lowest BCUT2D eigenvalue weighted by Crippen LogP contribution is -2.53. The van der Waals surface area contributed by atoms with Gasteiger partial charge in [0.15, 0.2) is 16.6 Å². The molecule has 1 aliphatic carbocycles. The molecule has 0 bridgehead atoms. The highest BCUT2D eigenvalue weighted by atomic mass is 32.2. The zero-order valence-electron chi connectivity index (χ0n) is 21.7. The number of amides is 2. The van der Waals surface area contributed by atoms with Crippen molar-refractivity contribution in [2.45, 2.75) is 74.7 Å². The summed E-state index contributed by atoms with van der Waals surface area (Å²) in [6.45, 7) is -0.407. The van der Waals surface area contributed by atoms with E-state index in [9.17, 15) is 36.0 Å². The predicted octanol–water partition coefficient (Wildman–Crippen LogP) is 3.30. The Bertz CT molecular complexity index is 1310. The van der Waals surface area contributed by atoms with Crippen LogP contribution in [0.3, 0.4) is 0 Å². The molecule has 14 heteroatoms. The number of carbonyl (C=O) groups is 3. The number of rotatable bonds is 8. The summed E-state index contributed by atoms with van der Waals surface area (Å²) in [6, 6.07) is 3.83. The maximum atomic E-state index is 13.3. The normalized spacial score (nSPS) is 20.5. The van der Waals surface area contributed by atoms with E-state index < -0.39 is 63.9 Å². The van der Waals surface area contributed by atoms with Crippen molar-refractivity contribution in [1.82, 2.24) is 19.9 Å². The molecule has 0 radical (unpaired) electrons. The Hall–Kier alpha value is -3.26. The highest BCUT2D eigenvalue weighted by molar-refractivity contribution is 7.89. The second-order valence-corrected chi connectivity index (χ2v) is 12.0. The fourth-order valence-corrected chi connectivity index (χ4v) is 6.46. The second-order valence-electron chi connectivity index (χ2n) is 10.1. The molecule has 10 nitrogen and oxygen atoms in total. The highest BCUT2D eigenvalue weighted by Gasteiger charge is 2.37. The van der Waals surface area contributed by atoms with Gasteiger partial charge in [0.1, 0.15) is 6.04 Å². The van der Waals surface area contributed by atoms with Gasteiger partial charge in [-0.15, -0.1) is 0 Å². The molecule has 1 unspecified atom stereocenters. The Kier molecular flexibility index (Phi) is 9.29. The molecule has 3 heterocycles. The second kappa shape index (κ2) is 12.5. The first-order valence-electron chi connectivity index (χ1n) is 13.2. The van der Waals surface area contributed by atoms with Gasteiger partial charge < -0.3 is 15.1 Å². The minimum Gasteiger partial charge on any atom is -0.446 e. The number of pyridine rings is 1. The smallest absolute Gasteiger partial charge is 0.446 e. The lowest BCUT2D eigenvalue weighted by molar-refractivity contribution is -0.153. The molecule has 40 heavy (non-hydrogen) atoms. The number of hydrogen-bond acceptors (Lipinski definition) is 7. The lowest BCUT2D eigenvalue weighted by Gasteiger charge is -2.27. The zero-order valence-corrected chi connectivity index (χ0v) is 22.5. The van der Waals surface area contributed by atoms with Crippen molar-refractivity contribution >= 4 is 27.6 Å². The molecule has 218 valence electrons. The largest absolute Gasteiger partial charge is 0.449 e. The van der Waals surface area contributed by atoms with Crippen LogP contribution in [0.2, 0.25) is 0 Å². The maximum Gasteiger partial charge on any atom is 0.449 e. The van der Waals surface area contributed by atoms with Crippen LogP contribution in [0.25, 0.3) is 0 Å². The quantitative estimate of drug-likeness (QED) is 0.486. The maximum absolute atomic E-state index is 13.3. The fraction of sp³-hybridized carbons (Fsp3) is 0.538. The van der Waals surface area contributed by atoms with Crippen LogP contribution in [0.5, 0.6) is 0 Å². The molecule has 2 aliphatic rings. The van der Waals surface area contributed by atoms with Crippen molar-refractivity contribution in [2.75, 3.05) is 13.1 Å². The summed E-state index contributed by atoms with van der Waals surface area (Å²) in [4.78, 5) is 43.0. The number of sulfonamides is 1. The highest BCUT2D eigenvalue weighted by Crippen LogP contribution is 2.31. The van der Waals surface area contributed by atoms with Gasteiger partial charge in [0.2, 0.25) is 11.7 Å². The first-order valence-corrected chi connectivity index (χ1v) is 14.6. The number of Topliss-reactive ketones (excluding diaryl/α,β-unsaturated/α-hetero) is 1. The Balaban J connectivity index is 1.45. The molecule has 0 spiro atoms. The van der Waals surface area contributed by atoms with Crippen LogP contribution in [0, 0.1) is 5.92 Å². The molecule has 2 aromatic heterocycles. The third kappa shape index (κ3) is 7.27. The van der Waals surface area contributed by atoms with Gasteiger partial charge >= 0.3 is 6.18 Å².